The van der Waals surface area contributed by atoms with Gasteiger partial charge in [-0.1, -0.05) is 0 Å². The van der Waals surface area contributed by atoms with Crippen LogP contribution >= 0.6 is 0 Å². The molecule has 0 bridgehead atoms. The second-order valence-corrected chi connectivity index (χ2v) is 3.80. The number of alkyl halides is 11. The van der Waals surface area contributed by atoms with Gasteiger partial charge in [0.25, 0.3) is 0 Å². The minimum absolute atomic E-state index is 0.583. The average molecular weight is 343 g/mol. The fourth-order valence-corrected chi connectivity index (χ4v) is 0.934. The zero-order valence-corrected chi connectivity index (χ0v) is 9.76. The van der Waals surface area contributed by atoms with Crippen molar-refractivity contribution >= 4 is 0 Å². The molecular weight excluding hydrogens is 335 g/mol. The molecule has 0 saturated heterocycles. The van der Waals surface area contributed by atoms with E-state index in [4.69, 9.17) is 5.73 Å². The van der Waals surface area contributed by atoms with E-state index in [0.29, 0.717) is 0 Å². The van der Waals surface area contributed by atoms with Gasteiger partial charge in [-0.15, -0.1) is 0 Å². The van der Waals surface area contributed by atoms with Crippen molar-refractivity contribution in [1.29, 1.82) is 0 Å². The first-order valence-corrected chi connectivity index (χ1v) is 5.00. The van der Waals surface area contributed by atoms with Crippen LogP contribution in [0.3, 0.4) is 0 Å². The van der Waals surface area contributed by atoms with Crippen molar-refractivity contribution in [2.45, 2.75) is 43.1 Å². The molecule has 128 valence electrons. The monoisotopic (exact) mass is 343 g/mol. The summed E-state index contributed by atoms with van der Waals surface area (Å²) in [5.41, 5.74) is 4.70. The number of hydrogen-bond acceptors (Lipinski definition) is 2. The molecule has 0 aliphatic heterocycles. The van der Waals surface area contributed by atoms with Crippen molar-refractivity contribution in [3.8, 4) is 0 Å². The Labute approximate surface area is 110 Å². The molecule has 0 radical (unpaired) electrons. The molecule has 0 saturated carbocycles. The summed E-state index contributed by atoms with van der Waals surface area (Å²) in [5, 5.41) is 0. The lowest BCUT2D eigenvalue weighted by molar-refractivity contribution is -0.496. The lowest BCUT2D eigenvalue weighted by atomic mass is 10.1. The molecule has 2 N–H and O–H groups in total. The van der Waals surface area contributed by atoms with E-state index in [1.165, 1.54) is 0 Å². The Hall–Kier alpha value is -0.850. The minimum Gasteiger partial charge on any atom is -0.330 e. The Morgan fingerprint density at radius 2 is 1.14 bits per heavy atom. The predicted octanol–water partition coefficient (Wildman–Crippen LogP) is 3.76. The summed E-state index contributed by atoms with van der Waals surface area (Å²) < 4.78 is 137. The molecule has 2 nitrogen and oxygen atoms in total. The third-order valence-corrected chi connectivity index (χ3v) is 2.10. The smallest absolute Gasteiger partial charge is 0.330 e. The first-order valence-electron chi connectivity index (χ1n) is 5.00. The molecule has 0 atom stereocenters. The zero-order chi connectivity index (χ0) is 17.3. The molecular formula is C8H8F11NO. The Bertz CT molecular complexity index is 351. The van der Waals surface area contributed by atoms with Gasteiger partial charge in [0.05, 0.1) is 0 Å². The SMILES string of the molecule is NCCCC(F)(F)C(F)(F)OC(F)(F)C(F)(F)C(F)(F)F. The van der Waals surface area contributed by atoms with Crippen LogP contribution in [0.15, 0.2) is 0 Å². The van der Waals surface area contributed by atoms with Crippen molar-refractivity contribution in [2.24, 2.45) is 5.73 Å². The Kier molecular flexibility index (Phi) is 5.51. The highest BCUT2D eigenvalue weighted by Crippen LogP contribution is 2.51. The van der Waals surface area contributed by atoms with Gasteiger partial charge in [-0.2, -0.15) is 48.3 Å². The molecule has 0 aromatic rings. The summed E-state index contributed by atoms with van der Waals surface area (Å²) in [6.07, 6.45) is -22.8. The number of rotatable bonds is 7. The van der Waals surface area contributed by atoms with Crippen LogP contribution < -0.4 is 5.73 Å². The maximum Gasteiger partial charge on any atom is 0.462 e. The van der Waals surface area contributed by atoms with Crippen LogP contribution in [0.25, 0.3) is 0 Å². The van der Waals surface area contributed by atoms with E-state index in [1.807, 2.05) is 4.74 Å². The predicted molar refractivity (Wildman–Crippen MR) is 45.2 cm³/mol. The molecule has 13 heteroatoms. The fraction of sp³-hybridized carbons (Fsp3) is 1.00. The second-order valence-electron chi connectivity index (χ2n) is 3.80. The third-order valence-electron chi connectivity index (χ3n) is 2.10. The van der Waals surface area contributed by atoms with Gasteiger partial charge in [0.15, 0.2) is 0 Å². The van der Waals surface area contributed by atoms with Crippen LogP contribution in [0, 0.1) is 0 Å². The van der Waals surface area contributed by atoms with Crippen molar-refractivity contribution in [3.05, 3.63) is 0 Å². The Morgan fingerprint density at radius 1 is 0.714 bits per heavy atom. The molecule has 0 aromatic carbocycles. The lowest BCUT2D eigenvalue weighted by Gasteiger charge is -2.33. The van der Waals surface area contributed by atoms with Gasteiger partial charge < -0.3 is 5.73 Å². The normalized spacial score (nSPS) is 15.4. The number of halogens is 11. The average Bonchev–Trinajstić information content (AvgIpc) is 2.22. The molecule has 0 aromatic heterocycles. The van der Waals surface area contributed by atoms with E-state index >= 15 is 0 Å². The lowest BCUT2D eigenvalue weighted by Crippen LogP contribution is -2.58. The van der Waals surface area contributed by atoms with Crippen molar-refractivity contribution < 1.29 is 53.0 Å². The second kappa shape index (κ2) is 5.74. The summed E-state index contributed by atoms with van der Waals surface area (Å²) in [4.78, 5) is 0. The van der Waals surface area contributed by atoms with Crippen LogP contribution in [0.4, 0.5) is 48.3 Å². The van der Waals surface area contributed by atoms with Crippen LogP contribution in [0.1, 0.15) is 12.8 Å². The number of hydrogen-bond donors (Lipinski definition) is 1. The molecule has 0 fully saturated rings. The topological polar surface area (TPSA) is 35.2 Å². The van der Waals surface area contributed by atoms with Gasteiger partial charge in [-0.3, -0.25) is 0 Å². The van der Waals surface area contributed by atoms with Crippen LogP contribution in [0.2, 0.25) is 0 Å². The van der Waals surface area contributed by atoms with E-state index in [2.05, 4.69) is 0 Å². The van der Waals surface area contributed by atoms with E-state index in [1.54, 1.807) is 0 Å². The molecule has 21 heavy (non-hydrogen) atoms. The number of ether oxygens (including phenoxy) is 1. The van der Waals surface area contributed by atoms with E-state index in [-0.39, 0.29) is 0 Å². The van der Waals surface area contributed by atoms with Gasteiger partial charge >= 0.3 is 30.2 Å². The fourth-order valence-electron chi connectivity index (χ4n) is 0.934. The van der Waals surface area contributed by atoms with E-state index in [0.717, 1.165) is 0 Å². The Balaban J connectivity index is 5.33. The first-order chi connectivity index (χ1) is 9.02. The summed E-state index contributed by atoms with van der Waals surface area (Å²) in [7, 11) is 0. The summed E-state index contributed by atoms with van der Waals surface area (Å²) in [5.74, 6) is -12.5. The Morgan fingerprint density at radius 3 is 1.48 bits per heavy atom. The summed E-state index contributed by atoms with van der Waals surface area (Å²) >= 11 is 0. The van der Waals surface area contributed by atoms with Gasteiger partial charge in [-0.05, 0) is 13.0 Å². The maximum atomic E-state index is 12.8. The highest BCUT2D eigenvalue weighted by molar-refractivity contribution is 4.88. The molecule has 0 unspecified atom stereocenters. The van der Waals surface area contributed by atoms with Crippen LogP contribution in [0.5, 0.6) is 0 Å². The molecule has 0 heterocycles. The van der Waals surface area contributed by atoms with Gasteiger partial charge in [0, 0.05) is 6.42 Å². The summed E-state index contributed by atoms with van der Waals surface area (Å²) in [6.45, 7) is -0.583. The van der Waals surface area contributed by atoms with E-state index < -0.39 is 49.6 Å². The van der Waals surface area contributed by atoms with E-state index in [9.17, 15) is 48.3 Å². The molecule has 0 rings (SSSR count). The standard InChI is InChI=1S/C8H8F11NO/c9-4(10,2-1-3-20)7(16,17)21-8(18,19)5(11,12)6(13,14)15/h1-3,20H2. The zero-order valence-electron chi connectivity index (χ0n) is 9.76. The minimum atomic E-state index is -7.09. The highest BCUT2D eigenvalue weighted by atomic mass is 19.4. The van der Waals surface area contributed by atoms with Gasteiger partial charge in [-0.25, -0.2) is 4.74 Å². The van der Waals surface area contributed by atoms with Crippen molar-refractivity contribution in [3.63, 3.8) is 0 Å². The number of nitrogens with two attached hydrogens (primary N) is 1. The molecule has 0 spiro atoms. The quantitative estimate of drug-likeness (QED) is 0.715. The third kappa shape index (κ3) is 4.08. The summed E-state index contributed by atoms with van der Waals surface area (Å²) in [6, 6.07) is 0. The van der Waals surface area contributed by atoms with Crippen LogP contribution in [-0.4, -0.2) is 36.8 Å². The molecule has 0 amide bonds. The van der Waals surface area contributed by atoms with Gasteiger partial charge in [0.2, 0.25) is 0 Å². The highest BCUT2D eigenvalue weighted by Gasteiger charge is 2.78. The van der Waals surface area contributed by atoms with Gasteiger partial charge in [0.1, 0.15) is 0 Å². The van der Waals surface area contributed by atoms with Crippen molar-refractivity contribution in [1.82, 2.24) is 0 Å². The maximum absolute atomic E-state index is 12.8. The largest absolute Gasteiger partial charge is 0.462 e. The first kappa shape index (κ1) is 20.1. The van der Waals surface area contributed by atoms with Crippen LogP contribution in [-0.2, 0) is 4.74 Å². The molecule has 0 aliphatic rings. The molecule has 0 aliphatic carbocycles. The van der Waals surface area contributed by atoms with Crippen molar-refractivity contribution in [2.75, 3.05) is 6.54 Å².